The van der Waals surface area contributed by atoms with E-state index >= 15 is 0 Å². The molecular formula is C51H39N3O. The van der Waals surface area contributed by atoms with E-state index in [4.69, 9.17) is 4.42 Å². The van der Waals surface area contributed by atoms with Gasteiger partial charge >= 0.3 is 0 Å². The number of para-hydroxylation sites is 1. The first-order chi connectivity index (χ1) is 27.2. The van der Waals surface area contributed by atoms with Crippen LogP contribution < -0.4 is 0 Å². The molecule has 0 spiro atoms. The van der Waals surface area contributed by atoms with E-state index in [0.717, 1.165) is 39.8 Å². The number of rotatable bonds is 9. The van der Waals surface area contributed by atoms with Crippen molar-refractivity contribution in [1.29, 1.82) is 0 Å². The van der Waals surface area contributed by atoms with E-state index in [-0.39, 0.29) is 0 Å². The van der Waals surface area contributed by atoms with Crippen LogP contribution in [-0.4, -0.2) is 14.8 Å². The second-order valence-corrected chi connectivity index (χ2v) is 13.6. The van der Waals surface area contributed by atoms with Crippen molar-refractivity contribution in [3.8, 4) is 67.4 Å². The highest BCUT2D eigenvalue weighted by molar-refractivity contribution is 6.12. The molecule has 9 aromatic rings. The summed E-state index contributed by atoms with van der Waals surface area (Å²) in [4.78, 5) is 0. The third-order valence-electron chi connectivity index (χ3n) is 10.3. The Morgan fingerprint density at radius 3 is 1.78 bits per heavy atom. The van der Waals surface area contributed by atoms with Gasteiger partial charge in [0.2, 0.25) is 11.8 Å². The van der Waals surface area contributed by atoms with Crippen molar-refractivity contribution in [2.45, 2.75) is 20.3 Å². The van der Waals surface area contributed by atoms with Crippen molar-refractivity contribution in [2.75, 3.05) is 0 Å². The average Bonchev–Trinajstić information content (AvgIpc) is 3.88. The van der Waals surface area contributed by atoms with E-state index in [2.05, 4.69) is 186 Å². The SMILES string of the molecule is CC=C(C=CCC)n1c2ccccc2c2cc(-c3ccccc3-c3ccccc3-c3ccc(-c4nnc(-c5cccc(-c6ccccc6)c5)o4)cc3)ccc21. The first-order valence-electron chi connectivity index (χ1n) is 18.9. The van der Waals surface area contributed by atoms with Gasteiger partial charge in [-0.25, -0.2) is 0 Å². The maximum absolute atomic E-state index is 6.22. The normalized spacial score (nSPS) is 11.9. The van der Waals surface area contributed by atoms with Gasteiger partial charge in [0.05, 0.1) is 11.0 Å². The molecule has 4 nitrogen and oxygen atoms in total. The van der Waals surface area contributed by atoms with E-state index in [1.807, 2.05) is 30.3 Å². The molecule has 0 aliphatic rings. The molecule has 0 aliphatic heterocycles. The lowest BCUT2D eigenvalue weighted by atomic mass is 9.89. The number of benzene rings is 7. The predicted molar refractivity (Wildman–Crippen MR) is 229 cm³/mol. The molecule has 0 amide bonds. The van der Waals surface area contributed by atoms with Gasteiger partial charge in [-0.1, -0.05) is 146 Å². The van der Waals surface area contributed by atoms with E-state index < -0.39 is 0 Å². The van der Waals surface area contributed by atoms with Gasteiger partial charge in [0, 0.05) is 27.6 Å². The van der Waals surface area contributed by atoms with E-state index in [1.54, 1.807) is 0 Å². The molecule has 2 heterocycles. The van der Waals surface area contributed by atoms with E-state index in [0.29, 0.717) is 11.8 Å². The highest BCUT2D eigenvalue weighted by Crippen LogP contribution is 2.41. The lowest BCUT2D eigenvalue weighted by molar-refractivity contribution is 0.584. The monoisotopic (exact) mass is 709 g/mol. The Hall–Kier alpha value is -7.04. The molecule has 55 heavy (non-hydrogen) atoms. The molecule has 9 rings (SSSR count). The highest BCUT2D eigenvalue weighted by atomic mass is 16.4. The molecule has 0 bridgehead atoms. The fourth-order valence-corrected chi connectivity index (χ4v) is 7.61. The maximum Gasteiger partial charge on any atom is 0.248 e. The van der Waals surface area contributed by atoms with Gasteiger partial charge in [0.25, 0.3) is 0 Å². The Morgan fingerprint density at radius 1 is 0.491 bits per heavy atom. The number of nitrogens with zero attached hydrogens (tertiary/aromatic N) is 3. The molecule has 264 valence electrons. The Bertz CT molecular complexity index is 2860. The van der Waals surface area contributed by atoms with Crippen molar-refractivity contribution in [1.82, 2.24) is 14.8 Å². The Morgan fingerprint density at radius 2 is 1.05 bits per heavy atom. The molecular weight excluding hydrogens is 671 g/mol. The summed E-state index contributed by atoms with van der Waals surface area (Å²) in [5, 5.41) is 11.3. The third kappa shape index (κ3) is 6.38. The van der Waals surface area contributed by atoms with Crippen molar-refractivity contribution < 1.29 is 4.42 Å². The number of fused-ring (bicyclic) bond motifs is 3. The van der Waals surface area contributed by atoms with Gasteiger partial charge in [-0.2, -0.15) is 0 Å². The topological polar surface area (TPSA) is 43.9 Å². The molecule has 0 aliphatic carbocycles. The van der Waals surface area contributed by atoms with Crippen LogP contribution in [0.2, 0.25) is 0 Å². The molecule has 0 atom stereocenters. The van der Waals surface area contributed by atoms with Crippen molar-refractivity contribution in [3.63, 3.8) is 0 Å². The molecule has 7 aromatic carbocycles. The predicted octanol–water partition coefficient (Wildman–Crippen LogP) is 14.0. The number of hydrogen-bond acceptors (Lipinski definition) is 3. The summed E-state index contributed by atoms with van der Waals surface area (Å²) in [7, 11) is 0. The first-order valence-corrected chi connectivity index (χ1v) is 18.9. The van der Waals surface area contributed by atoms with E-state index in [9.17, 15) is 0 Å². The van der Waals surface area contributed by atoms with Crippen LogP contribution in [0.4, 0.5) is 0 Å². The van der Waals surface area contributed by atoms with Gasteiger partial charge in [0.15, 0.2) is 0 Å². The lowest BCUT2D eigenvalue weighted by Crippen LogP contribution is -1.94. The van der Waals surface area contributed by atoms with Crippen LogP contribution in [-0.2, 0) is 0 Å². The van der Waals surface area contributed by atoms with Gasteiger partial charge in [0.1, 0.15) is 0 Å². The fourth-order valence-electron chi connectivity index (χ4n) is 7.61. The van der Waals surface area contributed by atoms with Crippen LogP contribution >= 0.6 is 0 Å². The summed E-state index contributed by atoms with van der Waals surface area (Å²) in [6, 6.07) is 59.9. The summed E-state index contributed by atoms with van der Waals surface area (Å²) in [5.74, 6) is 0.988. The minimum Gasteiger partial charge on any atom is -0.416 e. The van der Waals surface area contributed by atoms with E-state index in [1.165, 1.54) is 49.8 Å². The summed E-state index contributed by atoms with van der Waals surface area (Å²) in [5.41, 5.74) is 14.6. The number of aromatic nitrogens is 3. The molecule has 0 N–H and O–H groups in total. The second kappa shape index (κ2) is 14.8. The summed E-state index contributed by atoms with van der Waals surface area (Å²) >= 11 is 0. The second-order valence-electron chi connectivity index (χ2n) is 13.6. The van der Waals surface area contributed by atoms with Crippen LogP contribution in [0, 0.1) is 0 Å². The van der Waals surface area contributed by atoms with Gasteiger partial charge in [-0.15, -0.1) is 10.2 Å². The van der Waals surface area contributed by atoms with Gasteiger partial charge in [-0.05, 0) is 106 Å². The zero-order valence-electron chi connectivity index (χ0n) is 30.9. The largest absolute Gasteiger partial charge is 0.416 e. The smallest absolute Gasteiger partial charge is 0.248 e. The highest BCUT2D eigenvalue weighted by Gasteiger charge is 2.17. The molecule has 0 fully saturated rings. The number of hydrogen-bond donors (Lipinski definition) is 0. The Balaban J connectivity index is 1.05. The minimum absolute atomic E-state index is 0.491. The first kappa shape index (κ1) is 33.8. The molecule has 0 saturated heterocycles. The average molecular weight is 710 g/mol. The molecule has 2 aromatic heterocycles. The zero-order valence-corrected chi connectivity index (χ0v) is 30.9. The van der Waals surface area contributed by atoms with Crippen molar-refractivity contribution in [3.05, 3.63) is 188 Å². The lowest BCUT2D eigenvalue weighted by Gasteiger charge is -2.15. The summed E-state index contributed by atoms with van der Waals surface area (Å²) in [6.07, 6.45) is 7.63. The van der Waals surface area contributed by atoms with Gasteiger partial charge < -0.3 is 8.98 Å². The van der Waals surface area contributed by atoms with Gasteiger partial charge in [-0.3, -0.25) is 0 Å². The standard InChI is InChI=1S/C51H39N3O/c1-3-5-20-41(4-2)54-48-26-14-13-25-46(48)47-34-39(31-32-49(47)54)43-22-10-12-24-45(43)44-23-11-9-21-42(44)36-27-29-37(30-28-36)50-52-53-51(55-50)40-19-15-18-38(33-40)35-16-7-6-8-17-35/h4-34H,3H2,1-2H3. The Labute approximate surface area is 321 Å². The fraction of sp³-hybridized carbons (Fsp3) is 0.0588. The Kier molecular flexibility index (Phi) is 9.07. The van der Waals surface area contributed by atoms with Crippen LogP contribution in [0.15, 0.2) is 193 Å². The zero-order chi connectivity index (χ0) is 37.1. The minimum atomic E-state index is 0.491. The quantitative estimate of drug-likeness (QED) is 0.140. The van der Waals surface area contributed by atoms with Crippen molar-refractivity contribution >= 4 is 27.5 Å². The maximum atomic E-state index is 6.22. The molecule has 0 saturated carbocycles. The molecule has 0 unspecified atom stereocenters. The van der Waals surface area contributed by atoms with Crippen LogP contribution in [0.5, 0.6) is 0 Å². The molecule has 0 radical (unpaired) electrons. The van der Waals surface area contributed by atoms with Crippen LogP contribution in [0.1, 0.15) is 20.3 Å². The summed E-state index contributed by atoms with van der Waals surface area (Å²) < 4.78 is 8.59. The van der Waals surface area contributed by atoms with Crippen LogP contribution in [0.3, 0.4) is 0 Å². The summed E-state index contributed by atoms with van der Waals surface area (Å²) in [6.45, 7) is 4.28. The third-order valence-corrected chi connectivity index (χ3v) is 10.3. The molecule has 4 heteroatoms. The van der Waals surface area contributed by atoms with Crippen molar-refractivity contribution in [2.24, 2.45) is 0 Å². The van der Waals surface area contributed by atoms with Crippen LogP contribution in [0.25, 0.3) is 94.9 Å². The number of allylic oxidation sites excluding steroid dienone is 4.